The van der Waals surface area contributed by atoms with Crippen molar-refractivity contribution >= 4 is 46.1 Å². The van der Waals surface area contributed by atoms with Gasteiger partial charge in [0, 0.05) is 24.5 Å². The zero-order chi connectivity index (χ0) is 21.3. The predicted molar refractivity (Wildman–Crippen MR) is 118 cm³/mol. The van der Waals surface area contributed by atoms with Gasteiger partial charge in [0.25, 0.3) is 0 Å². The highest BCUT2D eigenvalue weighted by Crippen LogP contribution is 2.29. The fraction of sp³-hybridized carbons (Fsp3) is 0.381. The molecule has 2 heterocycles. The molecule has 3 rings (SSSR count). The summed E-state index contributed by atoms with van der Waals surface area (Å²) < 4.78 is 20.5. The molecule has 1 saturated heterocycles. The first-order valence-corrected chi connectivity index (χ1v) is 10.5. The summed E-state index contributed by atoms with van der Waals surface area (Å²) in [5.74, 6) is -0.911. The molecule has 0 spiro atoms. The van der Waals surface area contributed by atoms with Gasteiger partial charge in [0.05, 0.1) is 9.13 Å². The van der Waals surface area contributed by atoms with E-state index in [9.17, 15) is 14.0 Å². The Kier molecular flexibility index (Phi) is 6.11. The highest BCUT2D eigenvalue weighted by atomic mass is 127. The molecule has 1 fully saturated rings. The molecule has 1 aliphatic rings. The Morgan fingerprint density at radius 1 is 1.24 bits per heavy atom. The Morgan fingerprint density at radius 3 is 2.59 bits per heavy atom. The summed E-state index contributed by atoms with van der Waals surface area (Å²) in [5, 5.41) is 0. The summed E-state index contributed by atoms with van der Waals surface area (Å²) >= 11 is 1.91. The van der Waals surface area contributed by atoms with Crippen LogP contribution in [0.5, 0.6) is 0 Å². The maximum absolute atomic E-state index is 14.7. The second kappa shape index (κ2) is 8.25. The van der Waals surface area contributed by atoms with Crippen molar-refractivity contribution < 1.29 is 18.7 Å². The van der Waals surface area contributed by atoms with Crippen LogP contribution in [0.2, 0.25) is 0 Å². The van der Waals surface area contributed by atoms with Crippen LogP contribution < -0.4 is 9.80 Å². The van der Waals surface area contributed by atoms with E-state index < -0.39 is 17.4 Å². The van der Waals surface area contributed by atoms with Crippen molar-refractivity contribution in [1.82, 2.24) is 4.98 Å². The fourth-order valence-electron chi connectivity index (χ4n) is 3.00. The van der Waals surface area contributed by atoms with Crippen molar-refractivity contribution in [1.29, 1.82) is 0 Å². The monoisotopic (exact) mass is 511 g/mol. The third-order valence-electron chi connectivity index (χ3n) is 4.37. The zero-order valence-electron chi connectivity index (χ0n) is 16.8. The Bertz CT molecular complexity index is 959. The Balaban J connectivity index is 1.87. The average molecular weight is 511 g/mol. The van der Waals surface area contributed by atoms with Crippen LogP contribution >= 0.6 is 22.6 Å². The molecule has 0 N–H and O–H groups in total. The number of halogens is 2. The first-order chi connectivity index (χ1) is 13.6. The maximum atomic E-state index is 14.7. The van der Waals surface area contributed by atoms with Gasteiger partial charge in [-0.3, -0.25) is 9.80 Å². The summed E-state index contributed by atoms with van der Waals surface area (Å²) in [4.78, 5) is 32.5. The van der Waals surface area contributed by atoms with Gasteiger partial charge in [0.2, 0.25) is 0 Å². The number of aryl methyl sites for hydroxylation is 1. The topological polar surface area (TPSA) is 62.7 Å². The lowest BCUT2D eigenvalue weighted by atomic mass is 10.1. The van der Waals surface area contributed by atoms with Gasteiger partial charge in [-0.25, -0.2) is 19.0 Å². The number of carbonyl (C=O) groups is 2. The first kappa shape index (κ1) is 21.5. The minimum atomic E-state index is -0.613. The molecular weight excluding hydrogens is 488 g/mol. The van der Waals surface area contributed by atoms with Crippen LogP contribution in [0, 0.1) is 9.39 Å². The van der Waals surface area contributed by atoms with Crippen LogP contribution in [0.25, 0.3) is 0 Å². The van der Waals surface area contributed by atoms with Crippen molar-refractivity contribution in [3.05, 3.63) is 51.0 Å². The highest BCUT2D eigenvalue weighted by Gasteiger charge is 2.34. The molecule has 29 heavy (non-hydrogen) atoms. The number of pyridine rings is 1. The molecule has 1 aromatic heterocycles. The van der Waals surface area contributed by atoms with E-state index in [1.54, 1.807) is 51.1 Å². The number of aromatic nitrogens is 1. The smallest absolute Gasteiger partial charge is 0.338 e. The second-order valence-corrected chi connectivity index (χ2v) is 8.89. The molecule has 0 aliphatic carbocycles. The van der Waals surface area contributed by atoms with Gasteiger partial charge in [-0.1, -0.05) is 13.0 Å². The molecule has 1 aliphatic heterocycles. The molecular formula is C21H23FIN3O3. The number of nitrogens with zero attached hydrogens (tertiary/aromatic N) is 3. The van der Waals surface area contributed by atoms with E-state index in [0.29, 0.717) is 34.3 Å². The summed E-state index contributed by atoms with van der Waals surface area (Å²) in [6, 6.07) is 8.01. The molecule has 0 radical (unpaired) electrons. The minimum Gasteiger partial charge on any atom is -0.456 e. The fourth-order valence-corrected chi connectivity index (χ4v) is 3.61. The number of ether oxygens (including phenoxy) is 1. The van der Waals surface area contributed by atoms with Gasteiger partial charge in [-0.2, -0.15) is 0 Å². The van der Waals surface area contributed by atoms with E-state index in [4.69, 9.17) is 4.74 Å². The quantitative estimate of drug-likeness (QED) is 0.438. The average Bonchev–Trinajstić information content (AvgIpc) is 3.04. The third kappa shape index (κ3) is 4.68. The number of benzene rings is 1. The lowest BCUT2D eigenvalue weighted by molar-refractivity contribution is 0.00695. The van der Waals surface area contributed by atoms with Gasteiger partial charge in [0.15, 0.2) is 11.6 Å². The van der Waals surface area contributed by atoms with Gasteiger partial charge in [-0.05, 0) is 74.0 Å². The molecule has 0 bridgehead atoms. The van der Waals surface area contributed by atoms with Gasteiger partial charge >= 0.3 is 12.0 Å². The van der Waals surface area contributed by atoms with E-state index in [1.165, 1.54) is 9.80 Å². The van der Waals surface area contributed by atoms with Crippen molar-refractivity contribution in [2.75, 3.05) is 22.9 Å². The van der Waals surface area contributed by atoms with Crippen LogP contribution in [-0.2, 0) is 11.2 Å². The molecule has 1 aromatic carbocycles. The van der Waals surface area contributed by atoms with E-state index in [2.05, 4.69) is 4.98 Å². The summed E-state index contributed by atoms with van der Waals surface area (Å²) in [7, 11) is 0. The third-order valence-corrected chi connectivity index (χ3v) is 5.15. The Morgan fingerprint density at radius 2 is 1.93 bits per heavy atom. The highest BCUT2D eigenvalue weighted by molar-refractivity contribution is 14.1. The molecule has 6 nitrogen and oxygen atoms in total. The van der Waals surface area contributed by atoms with Crippen molar-refractivity contribution in [2.24, 2.45) is 0 Å². The van der Waals surface area contributed by atoms with Gasteiger partial charge in [-0.15, -0.1) is 0 Å². The van der Waals surface area contributed by atoms with Crippen LogP contribution in [0.1, 0.15) is 43.7 Å². The number of amides is 2. The summed E-state index contributed by atoms with van der Waals surface area (Å²) in [6.45, 7) is 7.99. The number of esters is 1. The molecule has 2 amide bonds. The molecule has 8 heteroatoms. The molecule has 0 unspecified atom stereocenters. The molecule has 2 aromatic rings. The number of carbonyl (C=O) groups excluding carboxylic acids is 2. The SMILES string of the molecule is CCc1cc(I)c(F)c(N2CCN(c3cccc(C(=O)OC(C)(C)C)c3)C2=O)n1. The number of urea groups is 1. The molecule has 0 saturated carbocycles. The molecule has 0 atom stereocenters. The van der Waals surface area contributed by atoms with E-state index in [-0.39, 0.29) is 11.8 Å². The minimum absolute atomic E-state index is 0.0459. The van der Waals surface area contributed by atoms with E-state index >= 15 is 0 Å². The summed E-state index contributed by atoms with van der Waals surface area (Å²) in [5.41, 5.74) is 1.03. The number of hydrogen-bond donors (Lipinski definition) is 0. The largest absolute Gasteiger partial charge is 0.456 e. The zero-order valence-corrected chi connectivity index (χ0v) is 19.0. The lowest BCUT2D eigenvalue weighted by Gasteiger charge is -2.21. The number of rotatable bonds is 4. The predicted octanol–water partition coefficient (Wildman–Crippen LogP) is 4.79. The van der Waals surface area contributed by atoms with Crippen LogP contribution in [-0.4, -0.2) is 35.7 Å². The number of hydrogen-bond acceptors (Lipinski definition) is 4. The lowest BCUT2D eigenvalue weighted by Crippen LogP contribution is -2.33. The second-order valence-electron chi connectivity index (χ2n) is 7.72. The van der Waals surface area contributed by atoms with Crippen molar-refractivity contribution in [3.63, 3.8) is 0 Å². The number of anilines is 2. The van der Waals surface area contributed by atoms with Crippen LogP contribution in [0.3, 0.4) is 0 Å². The summed E-state index contributed by atoms with van der Waals surface area (Å²) in [6.07, 6.45) is 0.646. The maximum Gasteiger partial charge on any atom is 0.338 e. The van der Waals surface area contributed by atoms with Crippen molar-refractivity contribution in [2.45, 2.75) is 39.7 Å². The van der Waals surface area contributed by atoms with E-state index in [0.717, 1.165) is 5.69 Å². The normalized spacial score (nSPS) is 14.5. The van der Waals surface area contributed by atoms with Gasteiger partial charge < -0.3 is 4.74 Å². The Hall–Kier alpha value is -2.23. The van der Waals surface area contributed by atoms with Crippen LogP contribution in [0.15, 0.2) is 30.3 Å². The molecule has 154 valence electrons. The first-order valence-electron chi connectivity index (χ1n) is 9.38. The van der Waals surface area contributed by atoms with Crippen molar-refractivity contribution in [3.8, 4) is 0 Å². The van der Waals surface area contributed by atoms with Crippen LogP contribution in [0.4, 0.5) is 20.7 Å². The van der Waals surface area contributed by atoms with Gasteiger partial charge in [0.1, 0.15) is 5.60 Å². The Labute approximate surface area is 183 Å². The van der Waals surface area contributed by atoms with E-state index in [1.807, 2.05) is 29.5 Å². The standard InChI is InChI=1S/C21H23FIN3O3/c1-5-14-12-16(23)17(22)18(24-14)26-10-9-25(20(26)28)15-8-6-7-13(11-15)19(27)29-21(2,3)4/h6-8,11-12H,5,9-10H2,1-4H3.